The quantitative estimate of drug-likeness (QED) is 0.123. The SMILES string of the molecule is COC(=O)c1cc2c(cc1C(=O)OC)C#Cc1cc(C(=O)OC)c(C(=O)OC)cc1C#Cc1cc(C(=O)OC)c(C(=O)OC)cc1C#Cc1cc(C(=O)OC)c(C(=O)OC)cc1C#C2. The summed E-state index contributed by atoms with van der Waals surface area (Å²) in [6, 6.07) is 9.76. The zero-order valence-corrected chi connectivity index (χ0v) is 35.2. The molecule has 1 aliphatic rings. The number of carbonyl (C=O) groups is 8. The molecule has 1 aliphatic carbocycles. The molecule has 64 heavy (non-hydrogen) atoms. The van der Waals surface area contributed by atoms with E-state index in [1.807, 2.05) is 0 Å². The summed E-state index contributed by atoms with van der Waals surface area (Å²) in [5.41, 5.74) is -2.00. The lowest BCUT2D eigenvalue weighted by Gasteiger charge is -2.11. The summed E-state index contributed by atoms with van der Waals surface area (Å²) in [5.74, 6) is 15.7. The Morgan fingerprint density at radius 1 is 0.234 bits per heavy atom. The zero-order valence-electron chi connectivity index (χ0n) is 35.2. The largest absolute Gasteiger partial charge is 0.465 e. The smallest absolute Gasteiger partial charge is 0.338 e. The molecule has 0 saturated heterocycles. The standard InChI is InChI=1S/C48H32O16/c1-57-41(49)33-17-25-9-10-27-19-35(43(51)59-3)37(45(53)61-5)21-29(27)13-14-31-23-39(47(55)63-7)40(48(56)64-8)24-32(31)16-15-30-22-38(46(54)62-6)36(44(52)60-4)20-28(30)12-11-26(25)18-34(33)42(50)58-2/h17-24H,1-8H3. The van der Waals surface area contributed by atoms with Gasteiger partial charge < -0.3 is 37.9 Å². The Kier molecular flexibility index (Phi) is 14.3. The van der Waals surface area contributed by atoms with E-state index in [9.17, 15) is 38.4 Å². The fourth-order valence-electron chi connectivity index (χ4n) is 6.00. The molecule has 0 fully saturated rings. The highest BCUT2D eigenvalue weighted by molar-refractivity contribution is 6.07. The number of carbonyl (C=O) groups excluding carboxylic acids is 8. The van der Waals surface area contributed by atoms with Gasteiger partial charge in [-0.2, -0.15) is 0 Å². The van der Waals surface area contributed by atoms with E-state index in [0.717, 1.165) is 56.9 Å². The van der Waals surface area contributed by atoms with Crippen molar-refractivity contribution in [2.45, 2.75) is 0 Å². The number of benzene rings is 4. The Morgan fingerprint density at radius 3 is 0.406 bits per heavy atom. The van der Waals surface area contributed by atoms with E-state index >= 15 is 0 Å². The Labute approximate surface area is 365 Å². The number of methoxy groups -OCH3 is 8. The molecule has 0 saturated carbocycles. The fraction of sp³-hybridized carbons (Fsp3) is 0.167. The van der Waals surface area contributed by atoms with Gasteiger partial charge in [-0.05, 0) is 48.5 Å². The van der Waals surface area contributed by atoms with E-state index in [2.05, 4.69) is 47.4 Å². The molecule has 0 aliphatic heterocycles. The third kappa shape index (κ3) is 9.43. The molecule has 0 unspecified atom stereocenters. The topological polar surface area (TPSA) is 210 Å². The fourth-order valence-corrected chi connectivity index (χ4v) is 6.00. The summed E-state index contributed by atoms with van der Waals surface area (Å²) in [4.78, 5) is 104. The highest BCUT2D eigenvalue weighted by Gasteiger charge is 2.26. The van der Waals surface area contributed by atoms with Crippen LogP contribution >= 0.6 is 0 Å². The minimum absolute atomic E-state index is 0.0126. The number of hydrogen-bond acceptors (Lipinski definition) is 16. The van der Waals surface area contributed by atoms with Crippen LogP contribution in [0.15, 0.2) is 48.5 Å². The second kappa shape index (κ2) is 20.0. The van der Waals surface area contributed by atoms with Gasteiger partial charge in [0, 0.05) is 44.5 Å². The first-order valence-electron chi connectivity index (χ1n) is 18.2. The summed E-state index contributed by atoms with van der Waals surface area (Å²) in [7, 11) is 8.75. The van der Waals surface area contributed by atoms with Gasteiger partial charge in [0.1, 0.15) is 0 Å². The molecular formula is C48H32O16. The summed E-state index contributed by atoms with van der Waals surface area (Å²) in [5, 5.41) is 0. The van der Waals surface area contributed by atoms with Crippen LogP contribution in [0.2, 0.25) is 0 Å². The molecular weight excluding hydrogens is 833 g/mol. The van der Waals surface area contributed by atoms with Crippen LogP contribution in [0.4, 0.5) is 0 Å². The molecule has 16 nitrogen and oxygen atoms in total. The number of hydrogen-bond donors (Lipinski definition) is 0. The van der Waals surface area contributed by atoms with Crippen molar-refractivity contribution in [1.29, 1.82) is 0 Å². The Hall–Kier alpha value is -9.12. The van der Waals surface area contributed by atoms with E-state index in [0.29, 0.717) is 0 Å². The van der Waals surface area contributed by atoms with Crippen molar-refractivity contribution in [3.8, 4) is 47.4 Å². The van der Waals surface area contributed by atoms with Crippen molar-refractivity contribution in [3.63, 3.8) is 0 Å². The van der Waals surface area contributed by atoms with Crippen molar-refractivity contribution in [1.82, 2.24) is 0 Å². The summed E-state index contributed by atoms with van der Waals surface area (Å²) in [6.45, 7) is 0. The molecule has 0 radical (unpaired) electrons. The van der Waals surface area contributed by atoms with Crippen LogP contribution in [-0.4, -0.2) is 105 Å². The molecule has 4 aromatic carbocycles. The van der Waals surface area contributed by atoms with Gasteiger partial charge in [-0.1, -0.05) is 47.4 Å². The van der Waals surface area contributed by atoms with E-state index in [1.54, 1.807) is 0 Å². The van der Waals surface area contributed by atoms with Crippen molar-refractivity contribution in [2.75, 3.05) is 56.9 Å². The van der Waals surface area contributed by atoms with Gasteiger partial charge in [-0.15, -0.1) is 0 Å². The number of esters is 8. The van der Waals surface area contributed by atoms with Crippen molar-refractivity contribution >= 4 is 47.8 Å². The first kappa shape index (κ1) is 46.0. The molecule has 0 amide bonds. The normalized spacial score (nSPS) is 10.4. The first-order valence-corrected chi connectivity index (χ1v) is 18.2. The number of fused-ring (bicyclic) bond motifs is 4. The monoisotopic (exact) mass is 864 g/mol. The Balaban J connectivity index is 2.06. The van der Waals surface area contributed by atoms with Crippen LogP contribution in [0, 0.1) is 47.4 Å². The third-order valence-electron chi connectivity index (χ3n) is 9.20. The lowest BCUT2D eigenvalue weighted by Crippen LogP contribution is -2.14. The van der Waals surface area contributed by atoms with E-state index in [1.165, 1.54) is 48.5 Å². The molecule has 0 N–H and O–H groups in total. The van der Waals surface area contributed by atoms with E-state index in [-0.39, 0.29) is 89.0 Å². The lowest BCUT2D eigenvalue weighted by atomic mass is 9.94. The van der Waals surface area contributed by atoms with Crippen LogP contribution in [-0.2, 0) is 37.9 Å². The van der Waals surface area contributed by atoms with Gasteiger partial charge in [0.2, 0.25) is 0 Å². The van der Waals surface area contributed by atoms with E-state index < -0.39 is 47.8 Å². The molecule has 0 bridgehead atoms. The van der Waals surface area contributed by atoms with Gasteiger partial charge in [0.15, 0.2) is 0 Å². The molecule has 0 spiro atoms. The van der Waals surface area contributed by atoms with Gasteiger partial charge in [0.25, 0.3) is 0 Å². The molecule has 5 rings (SSSR count). The third-order valence-corrected chi connectivity index (χ3v) is 9.20. The van der Waals surface area contributed by atoms with Crippen molar-refractivity contribution in [2.24, 2.45) is 0 Å². The van der Waals surface area contributed by atoms with Gasteiger partial charge in [0.05, 0.1) is 101 Å². The molecule has 320 valence electrons. The average molecular weight is 865 g/mol. The predicted molar refractivity (Wildman–Crippen MR) is 220 cm³/mol. The van der Waals surface area contributed by atoms with Crippen LogP contribution in [0.1, 0.15) is 127 Å². The van der Waals surface area contributed by atoms with Crippen molar-refractivity contribution < 1.29 is 76.3 Å². The predicted octanol–water partition coefficient (Wildman–Crippen LogP) is 3.89. The van der Waals surface area contributed by atoms with Crippen molar-refractivity contribution in [3.05, 3.63) is 138 Å². The molecule has 0 atom stereocenters. The second-order valence-corrected chi connectivity index (χ2v) is 12.7. The maximum absolute atomic E-state index is 13.0. The highest BCUT2D eigenvalue weighted by atomic mass is 16.5. The zero-order chi connectivity index (χ0) is 46.8. The Bertz CT molecular complexity index is 2400. The first-order chi connectivity index (χ1) is 30.7. The van der Waals surface area contributed by atoms with E-state index in [4.69, 9.17) is 37.9 Å². The Morgan fingerprint density at radius 2 is 0.328 bits per heavy atom. The van der Waals surface area contributed by atoms with Gasteiger partial charge in [-0.25, -0.2) is 38.4 Å². The molecule has 4 aromatic rings. The highest BCUT2D eigenvalue weighted by Crippen LogP contribution is 2.25. The number of rotatable bonds is 8. The average Bonchev–Trinajstić information content (AvgIpc) is 3.33. The van der Waals surface area contributed by atoms with Crippen LogP contribution in [0.3, 0.4) is 0 Å². The molecule has 0 aromatic heterocycles. The maximum atomic E-state index is 13.0. The van der Waals surface area contributed by atoms with Gasteiger partial charge in [-0.3, -0.25) is 0 Å². The van der Waals surface area contributed by atoms with Crippen LogP contribution < -0.4 is 0 Å². The second-order valence-electron chi connectivity index (χ2n) is 12.7. The minimum Gasteiger partial charge on any atom is -0.465 e. The van der Waals surface area contributed by atoms with Crippen LogP contribution in [0.25, 0.3) is 0 Å². The summed E-state index contributed by atoms with van der Waals surface area (Å²) < 4.78 is 39.5. The maximum Gasteiger partial charge on any atom is 0.338 e. The molecule has 0 heterocycles. The summed E-state index contributed by atoms with van der Waals surface area (Å²) >= 11 is 0. The summed E-state index contributed by atoms with van der Waals surface area (Å²) in [6.07, 6.45) is 0. The van der Waals surface area contributed by atoms with Crippen LogP contribution in [0.5, 0.6) is 0 Å². The number of ether oxygens (including phenoxy) is 8. The molecule has 16 heteroatoms. The minimum atomic E-state index is -0.939. The lowest BCUT2D eigenvalue weighted by molar-refractivity contribution is 0.0555. The van der Waals surface area contributed by atoms with Gasteiger partial charge >= 0.3 is 47.8 Å².